The van der Waals surface area contributed by atoms with Crippen LogP contribution in [0.5, 0.6) is 5.75 Å². The zero-order chi connectivity index (χ0) is 16.6. The highest BCUT2D eigenvalue weighted by atomic mass is 19.1. The van der Waals surface area contributed by atoms with Crippen LogP contribution in [-0.4, -0.2) is 33.0 Å². The van der Waals surface area contributed by atoms with Crippen LogP contribution in [0.1, 0.15) is 45.7 Å². The van der Waals surface area contributed by atoms with Gasteiger partial charge in [-0.25, -0.2) is 4.39 Å². The van der Waals surface area contributed by atoms with Gasteiger partial charge >= 0.3 is 0 Å². The van der Waals surface area contributed by atoms with E-state index in [0.29, 0.717) is 5.75 Å². The highest BCUT2D eigenvalue weighted by molar-refractivity contribution is 5.30. The Bertz CT molecular complexity index is 364. The number of hydrogen-bond acceptors (Lipinski definition) is 4. The highest BCUT2D eigenvalue weighted by Crippen LogP contribution is 2.18. The zero-order valence-corrected chi connectivity index (χ0v) is 14.3. The van der Waals surface area contributed by atoms with Crippen LogP contribution in [0.4, 0.5) is 4.39 Å². The minimum absolute atomic E-state index is 0.0982. The summed E-state index contributed by atoms with van der Waals surface area (Å²) in [5.41, 5.74) is 7.49. The monoisotopic (exact) mass is 314 g/mol. The fourth-order valence-corrected chi connectivity index (χ4v) is 1.75. The molecule has 0 amide bonds. The van der Waals surface area contributed by atoms with Gasteiger partial charge in [0.05, 0.1) is 0 Å². The molecular formula is C17H31FN2O2. The lowest BCUT2D eigenvalue weighted by molar-refractivity contribution is 0.143. The summed E-state index contributed by atoms with van der Waals surface area (Å²) in [5, 5.41) is 0. The van der Waals surface area contributed by atoms with Crippen LogP contribution in [0, 0.1) is 0 Å². The molecule has 0 spiro atoms. The van der Waals surface area contributed by atoms with E-state index in [0.717, 1.165) is 31.7 Å². The first kappa shape index (κ1) is 20.8. The van der Waals surface area contributed by atoms with Crippen LogP contribution < -0.4 is 15.6 Å². The molecule has 0 bridgehead atoms. The predicted molar refractivity (Wildman–Crippen MR) is 89.9 cm³/mol. The van der Waals surface area contributed by atoms with Crippen molar-refractivity contribution in [3.8, 4) is 5.75 Å². The molecule has 1 unspecified atom stereocenters. The van der Waals surface area contributed by atoms with Crippen LogP contribution in [0.25, 0.3) is 0 Å². The lowest BCUT2D eigenvalue weighted by Gasteiger charge is -2.16. The second kappa shape index (κ2) is 14.8. The van der Waals surface area contributed by atoms with E-state index in [9.17, 15) is 4.39 Å². The van der Waals surface area contributed by atoms with Crippen LogP contribution in [0.2, 0.25) is 0 Å². The Morgan fingerprint density at radius 2 is 2.00 bits per heavy atom. The topological polar surface area (TPSA) is 42.5 Å². The van der Waals surface area contributed by atoms with Crippen molar-refractivity contribution in [1.29, 1.82) is 0 Å². The number of alkyl halides is 1. The van der Waals surface area contributed by atoms with Gasteiger partial charge in [0.15, 0.2) is 0 Å². The van der Waals surface area contributed by atoms with Crippen molar-refractivity contribution >= 4 is 0 Å². The van der Waals surface area contributed by atoms with E-state index in [1.54, 1.807) is 0 Å². The van der Waals surface area contributed by atoms with E-state index in [4.69, 9.17) is 9.47 Å². The molecule has 0 aromatic heterocycles. The molecule has 1 aromatic carbocycles. The summed E-state index contributed by atoms with van der Waals surface area (Å²) in [6.07, 6.45) is 0.965. The minimum Gasteiger partial charge on any atom is -0.491 e. The van der Waals surface area contributed by atoms with Crippen LogP contribution in [0.3, 0.4) is 0 Å². The molecular weight excluding hydrogens is 283 g/mol. The van der Waals surface area contributed by atoms with Crippen molar-refractivity contribution < 1.29 is 13.9 Å². The van der Waals surface area contributed by atoms with Gasteiger partial charge < -0.3 is 9.47 Å². The van der Waals surface area contributed by atoms with Crippen molar-refractivity contribution in [3.63, 3.8) is 0 Å². The fourth-order valence-electron chi connectivity index (χ4n) is 1.75. The molecule has 1 atom stereocenters. The summed E-state index contributed by atoms with van der Waals surface area (Å²) in [6.45, 7) is 10.1. The molecule has 2 N–H and O–H groups in total. The lowest BCUT2D eigenvalue weighted by atomic mass is 10.1. The molecule has 0 radical (unpaired) electrons. The first-order valence-electron chi connectivity index (χ1n) is 8.12. The smallest absolute Gasteiger partial charge is 0.123 e. The molecule has 0 fully saturated rings. The number of hydrazine groups is 1. The summed E-state index contributed by atoms with van der Waals surface area (Å²) in [5.74, 6) is 0.699. The number of rotatable bonds is 11. The molecule has 0 saturated carbocycles. The Kier molecular flexibility index (Phi) is 14.0. The van der Waals surface area contributed by atoms with Crippen molar-refractivity contribution in [1.82, 2.24) is 10.9 Å². The maximum atomic E-state index is 12.1. The molecule has 22 heavy (non-hydrogen) atoms. The number of halogens is 1. The number of ether oxygens (including phenoxy) is 2. The molecule has 128 valence electrons. The highest BCUT2D eigenvalue weighted by Gasteiger charge is 2.05. The molecule has 0 aliphatic heterocycles. The largest absolute Gasteiger partial charge is 0.491 e. The van der Waals surface area contributed by atoms with E-state index in [1.165, 1.54) is 0 Å². The first-order chi connectivity index (χ1) is 10.8. The molecule has 0 heterocycles. The van der Waals surface area contributed by atoms with E-state index < -0.39 is 6.67 Å². The molecule has 0 saturated heterocycles. The van der Waals surface area contributed by atoms with Crippen molar-refractivity contribution in [3.05, 3.63) is 29.8 Å². The molecule has 4 nitrogen and oxygen atoms in total. The normalized spacial score (nSPS) is 11.5. The Hall–Kier alpha value is -1.17. The SMILES string of the molecule is CC.CCOCCCNNC(C)c1cccc(OCCF)c1. The van der Waals surface area contributed by atoms with E-state index in [2.05, 4.69) is 17.8 Å². The van der Waals surface area contributed by atoms with Crippen LogP contribution >= 0.6 is 0 Å². The van der Waals surface area contributed by atoms with Gasteiger partial charge in [-0.2, -0.15) is 0 Å². The van der Waals surface area contributed by atoms with Crippen LogP contribution in [0.15, 0.2) is 24.3 Å². The van der Waals surface area contributed by atoms with Crippen molar-refractivity contribution in [2.45, 2.75) is 40.2 Å². The van der Waals surface area contributed by atoms with Crippen molar-refractivity contribution in [2.24, 2.45) is 0 Å². The number of benzene rings is 1. The second-order valence-corrected chi connectivity index (χ2v) is 4.45. The predicted octanol–water partition coefficient (Wildman–Crippen LogP) is 3.64. The minimum atomic E-state index is -0.473. The van der Waals surface area contributed by atoms with E-state index >= 15 is 0 Å². The maximum Gasteiger partial charge on any atom is 0.123 e. The third-order valence-electron chi connectivity index (χ3n) is 2.82. The lowest BCUT2D eigenvalue weighted by Crippen LogP contribution is -2.35. The molecule has 0 aliphatic carbocycles. The summed E-state index contributed by atoms with van der Waals surface area (Å²) in [6, 6.07) is 7.84. The van der Waals surface area contributed by atoms with Gasteiger partial charge in [-0.15, -0.1) is 0 Å². The number of nitrogens with one attached hydrogen (secondary N) is 2. The van der Waals surface area contributed by atoms with Gasteiger partial charge in [-0.3, -0.25) is 10.9 Å². The van der Waals surface area contributed by atoms with Crippen molar-refractivity contribution in [2.75, 3.05) is 33.0 Å². The second-order valence-electron chi connectivity index (χ2n) is 4.45. The Morgan fingerprint density at radius 1 is 1.23 bits per heavy atom. The van der Waals surface area contributed by atoms with Gasteiger partial charge in [0.1, 0.15) is 19.0 Å². The van der Waals surface area contributed by atoms with E-state index in [-0.39, 0.29) is 12.6 Å². The molecule has 0 aliphatic rings. The van der Waals surface area contributed by atoms with Gasteiger partial charge in [0.2, 0.25) is 0 Å². The summed E-state index contributed by atoms with van der Waals surface area (Å²) in [4.78, 5) is 0. The summed E-state index contributed by atoms with van der Waals surface area (Å²) >= 11 is 0. The van der Waals surface area contributed by atoms with Gasteiger partial charge in [-0.1, -0.05) is 26.0 Å². The maximum absolute atomic E-state index is 12.1. The standard InChI is InChI=1S/C15H25FN2O2.C2H6/c1-3-19-10-5-9-17-18-13(2)14-6-4-7-15(12-14)20-11-8-16;1-2/h4,6-7,12-13,17-18H,3,5,8-11H2,1-2H3;1-2H3. The Labute approximate surface area is 134 Å². The average Bonchev–Trinajstić information content (AvgIpc) is 2.58. The third-order valence-corrected chi connectivity index (χ3v) is 2.82. The third kappa shape index (κ3) is 9.71. The quantitative estimate of drug-likeness (QED) is 0.483. The zero-order valence-electron chi connectivity index (χ0n) is 14.3. The van der Waals surface area contributed by atoms with Crippen LogP contribution in [-0.2, 0) is 4.74 Å². The average molecular weight is 314 g/mol. The van der Waals surface area contributed by atoms with E-state index in [1.807, 2.05) is 45.0 Å². The summed E-state index contributed by atoms with van der Waals surface area (Å²) in [7, 11) is 0. The molecule has 1 aromatic rings. The summed E-state index contributed by atoms with van der Waals surface area (Å²) < 4.78 is 22.6. The molecule has 1 rings (SSSR count). The Morgan fingerprint density at radius 3 is 2.68 bits per heavy atom. The van der Waals surface area contributed by atoms with Gasteiger partial charge in [0, 0.05) is 25.8 Å². The first-order valence-corrected chi connectivity index (χ1v) is 8.12. The Balaban J connectivity index is 0.00000211. The van der Waals surface area contributed by atoms with Gasteiger partial charge in [-0.05, 0) is 38.0 Å². The number of hydrogen-bond donors (Lipinski definition) is 2. The van der Waals surface area contributed by atoms with Gasteiger partial charge in [0.25, 0.3) is 0 Å². The fraction of sp³-hybridized carbons (Fsp3) is 0.647. The molecule has 5 heteroatoms.